The lowest BCUT2D eigenvalue weighted by Crippen LogP contribution is -2.53. The first-order chi connectivity index (χ1) is 9.63. The van der Waals surface area contributed by atoms with Gasteiger partial charge >= 0.3 is 0 Å². The van der Waals surface area contributed by atoms with E-state index in [2.05, 4.69) is 16.3 Å². The minimum absolute atomic E-state index is 0.0359. The average Bonchev–Trinajstić information content (AvgIpc) is 2.45. The van der Waals surface area contributed by atoms with Crippen molar-refractivity contribution in [2.24, 2.45) is 0 Å². The van der Waals surface area contributed by atoms with Crippen LogP contribution in [-0.2, 0) is 16.1 Å². The molecule has 0 aliphatic carbocycles. The Labute approximate surface area is 120 Å². The number of hydrogen-bond acceptors (Lipinski definition) is 4. The predicted molar refractivity (Wildman–Crippen MR) is 79.3 cm³/mol. The fourth-order valence-corrected chi connectivity index (χ4v) is 2.45. The number of carbonyl (C=O) groups is 1. The maximum absolute atomic E-state index is 12.1. The monoisotopic (exact) mass is 277 g/mol. The number of morpholine rings is 1. The summed E-state index contributed by atoms with van der Waals surface area (Å²) in [5.41, 5.74) is 9.00. The molecule has 1 atom stereocenters. The number of rotatable bonds is 4. The zero-order valence-corrected chi connectivity index (χ0v) is 12.2. The van der Waals surface area contributed by atoms with Crippen molar-refractivity contribution < 1.29 is 9.53 Å². The molecule has 1 aliphatic heterocycles. The molecule has 5 heteroatoms. The topological polar surface area (TPSA) is 67.6 Å². The van der Waals surface area contributed by atoms with Gasteiger partial charge in [0.05, 0.1) is 13.2 Å². The minimum Gasteiger partial charge on any atom is -0.399 e. The lowest BCUT2D eigenvalue weighted by Gasteiger charge is -2.34. The second-order valence-corrected chi connectivity index (χ2v) is 5.09. The molecule has 0 aromatic heterocycles. The van der Waals surface area contributed by atoms with E-state index in [1.165, 1.54) is 5.56 Å². The second kappa shape index (κ2) is 6.72. The van der Waals surface area contributed by atoms with Gasteiger partial charge in [0, 0.05) is 25.3 Å². The average molecular weight is 277 g/mol. The van der Waals surface area contributed by atoms with E-state index in [0.29, 0.717) is 19.8 Å². The Morgan fingerprint density at radius 2 is 2.35 bits per heavy atom. The van der Waals surface area contributed by atoms with Crippen molar-refractivity contribution in [3.63, 3.8) is 0 Å². The van der Waals surface area contributed by atoms with Crippen LogP contribution in [0.3, 0.4) is 0 Å². The van der Waals surface area contributed by atoms with E-state index < -0.39 is 0 Å². The Morgan fingerprint density at radius 1 is 1.55 bits per heavy atom. The number of nitrogens with two attached hydrogens (primary N) is 1. The van der Waals surface area contributed by atoms with E-state index in [1.54, 1.807) is 0 Å². The number of benzene rings is 1. The molecule has 1 aliphatic rings. The van der Waals surface area contributed by atoms with Crippen molar-refractivity contribution >= 4 is 11.6 Å². The molecule has 1 amide bonds. The maximum atomic E-state index is 12.1. The third-order valence-electron chi connectivity index (χ3n) is 3.75. The van der Waals surface area contributed by atoms with E-state index in [1.807, 2.05) is 26.0 Å². The minimum atomic E-state index is -0.218. The van der Waals surface area contributed by atoms with Crippen molar-refractivity contribution in [1.29, 1.82) is 0 Å². The summed E-state index contributed by atoms with van der Waals surface area (Å²) in [5.74, 6) is 0.0359. The van der Waals surface area contributed by atoms with Crippen LogP contribution < -0.4 is 11.1 Å². The zero-order chi connectivity index (χ0) is 14.5. The molecule has 5 nitrogen and oxygen atoms in total. The summed E-state index contributed by atoms with van der Waals surface area (Å²) in [6.07, 6.45) is 0. The molecule has 3 N–H and O–H groups in total. The number of hydrogen-bond donors (Lipinski definition) is 2. The predicted octanol–water partition coefficient (Wildman–Crippen LogP) is 0.914. The summed E-state index contributed by atoms with van der Waals surface area (Å²) < 4.78 is 5.44. The molecule has 0 spiro atoms. The molecule has 2 rings (SSSR count). The van der Waals surface area contributed by atoms with Gasteiger partial charge in [0.25, 0.3) is 0 Å². The van der Waals surface area contributed by atoms with Crippen LogP contribution >= 0.6 is 0 Å². The molecular formula is C15H23N3O2. The van der Waals surface area contributed by atoms with Gasteiger partial charge in [0.15, 0.2) is 0 Å². The molecule has 1 fully saturated rings. The van der Waals surface area contributed by atoms with Crippen LogP contribution in [0.25, 0.3) is 0 Å². The zero-order valence-electron chi connectivity index (χ0n) is 12.2. The van der Waals surface area contributed by atoms with E-state index in [9.17, 15) is 4.79 Å². The molecule has 0 saturated carbocycles. The summed E-state index contributed by atoms with van der Waals surface area (Å²) >= 11 is 0. The Bertz CT molecular complexity index is 476. The molecule has 110 valence electrons. The number of amides is 1. The molecular weight excluding hydrogens is 254 g/mol. The van der Waals surface area contributed by atoms with E-state index in [4.69, 9.17) is 10.5 Å². The second-order valence-electron chi connectivity index (χ2n) is 5.09. The highest BCUT2D eigenvalue weighted by Crippen LogP contribution is 2.19. The highest BCUT2D eigenvalue weighted by molar-refractivity contribution is 5.82. The van der Waals surface area contributed by atoms with E-state index in [-0.39, 0.29) is 11.9 Å². The first kappa shape index (κ1) is 14.8. The third kappa shape index (κ3) is 3.29. The lowest BCUT2D eigenvalue weighted by atomic mass is 10.1. The number of anilines is 1. The Kier molecular flexibility index (Phi) is 4.98. The highest BCUT2D eigenvalue weighted by atomic mass is 16.5. The normalized spacial score (nSPS) is 19.8. The Balaban J connectivity index is 2.12. The van der Waals surface area contributed by atoms with Gasteiger partial charge in [-0.15, -0.1) is 0 Å². The smallest absolute Gasteiger partial charge is 0.239 e. The van der Waals surface area contributed by atoms with Gasteiger partial charge in [-0.3, -0.25) is 9.69 Å². The van der Waals surface area contributed by atoms with Crippen LogP contribution in [0.15, 0.2) is 18.2 Å². The van der Waals surface area contributed by atoms with Crippen molar-refractivity contribution in [1.82, 2.24) is 10.2 Å². The largest absolute Gasteiger partial charge is 0.399 e. The van der Waals surface area contributed by atoms with Crippen molar-refractivity contribution in [2.75, 3.05) is 32.0 Å². The SMILES string of the molecule is CCNC(=O)C1COCCN1Cc1cccc(N)c1C. The van der Waals surface area contributed by atoms with Gasteiger partial charge in [-0.2, -0.15) is 0 Å². The van der Waals surface area contributed by atoms with Crippen LogP contribution in [-0.4, -0.2) is 43.2 Å². The fraction of sp³-hybridized carbons (Fsp3) is 0.533. The van der Waals surface area contributed by atoms with Crippen molar-refractivity contribution in [3.05, 3.63) is 29.3 Å². The molecule has 1 aromatic carbocycles. The maximum Gasteiger partial charge on any atom is 0.239 e. The molecule has 1 saturated heterocycles. The van der Waals surface area contributed by atoms with Gasteiger partial charge in [0.2, 0.25) is 5.91 Å². The molecule has 0 bridgehead atoms. The van der Waals surface area contributed by atoms with Crippen LogP contribution in [0.1, 0.15) is 18.1 Å². The fourth-order valence-electron chi connectivity index (χ4n) is 2.45. The van der Waals surface area contributed by atoms with Crippen molar-refractivity contribution in [2.45, 2.75) is 26.4 Å². The van der Waals surface area contributed by atoms with Gasteiger partial charge in [0.1, 0.15) is 6.04 Å². The van der Waals surface area contributed by atoms with Crippen LogP contribution in [0.4, 0.5) is 5.69 Å². The number of ether oxygens (including phenoxy) is 1. The van der Waals surface area contributed by atoms with Gasteiger partial charge < -0.3 is 15.8 Å². The number of likely N-dealkylation sites (N-methyl/N-ethyl adjacent to an activating group) is 1. The summed E-state index contributed by atoms with van der Waals surface area (Å²) in [7, 11) is 0. The Morgan fingerprint density at radius 3 is 3.10 bits per heavy atom. The van der Waals surface area contributed by atoms with Gasteiger partial charge in [-0.05, 0) is 31.0 Å². The Hall–Kier alpha value is -1.59. The van der Waals surface area contributed by atoms with E-state index in [0.717, 1.165) is 24.3 Å². The van der Waals surface area contributed by atoms with Crippen molar-refractivity contribution in [3.8, 4) is 0 Å². The molecule has 1 heterocycles. The molecule has 0 radical (unpaired) electrons. The van der Waals surface area contributed by atoms with Gasteiger partial charge in [-0.25, -0.2) is 0 Å². The molecule has 1 unspecified atom stereocenters. The van der Waals surface area contributed by atoms with Crippen LogP contribution in [0.2, 0.25) is 0 Å². The first-order valence-corrected chi connectivity index (χ1v) is 7.07. The van der Waals surface area contributed by atoms with Crippen LogP contribution in [0.5, 0.6) is 0 Å². The molecule has 20 heavy (non-hydrogen) atoms. The number of carbonyl (C=O) groups excluding carboxylic acids is 1. The van der Waals surface area contributed by atoms with E-state index >= 15 is 0 Å². The number of nitrogens with zero attached hydrogens (tertiary/aromatic N) is 1. The number of nitrogens with one attached hydrogen (secondary N) is 1. The first-order valence-electron chi connectivity index (χ1n) is 7.07. The lowest BCUT2D eigenvalue weighted by molar-refractivity contribution is -0.132. The summed E-state index contributed by atoms with van der Waals surface area (Å²) in [4.78, 5) is 14.3. The highest BCUT2D eigenvalue weighted by Gasteiger charge is 2.29. The quantitative estimate of drug-likeness (QED) is 0.803. The van der Waals surface area contributed by atoms with Gasteiger partial charge in [-0.1, -0.05) is 12.1 Å². The summed E-state index contributed by atoms with van der Waals surface area (Å²) in [6.45, 7) is 7.18. The van der Waals surface area contributed by atoms with Crippen LogP contribution in [0, 0.1) is 6.92 Å². The molecule has 1 aromatic rings. The third-order valence-corrected chi connectivity index (χ3v) is 3.75. The summed E-state index contributed by atoms with van der Waals surface area (Å²) in [6, 6.07) is 5.71. The standard InChI is InChI=1S/C15H23N3O2/c1-3-17-15(19)14-10-20-8-7-18(14)9-12-5-4-6-13(16)11(12)2/h4-6,14H,3,7-10,16H2,1-2H3,(H,17,19). The summed E-state index contributed by atoms with van der Waals surface area (Å²) in [5, 5.41) is 2.87. The number of nitrogen functional groups attached to an aromatic ring is 1.